The van der Waals surface area contributed by atoms with Crippen LogP contribution in [0, 0.1) is 11.6 Å². The Bertz CT molecular complexity index is 676. The first-order valence-corrected chi connectivity index (χ1v) is 7.32. The second-order valence-electron chi connectivity index (χ2n) is 5.13. The number of benzene rings is 1. The van der Waals surface area contributed by atoms with Crippen molar-refractivity contribution in [1.29, 1.82) is 0 Å². The lowest BCUT2D eigenvalue weighted by molar-refractivity contribution is 0.102. The van der Waals surface area contributed by atoms with Crippen molar-refractivity contribution in [2.45, 2.75) is 19.8 Å². The lowest BCUT2D eigenvalue weighted by Crippen LogP contribution is -2.20. The highest BCUT2D eigenvalue weighted by atomic mass is 19.2. The van der Waals surface area contributed by atoms with Gasteiger partial charge in [0.2, 0.25) is 0 Å². The Hall–Kier alpha value is -2.57. The minimum absolute atomic E-state index is 0.00911. The Balaban J connectivity index is 2.02. The maximum Gasteiger partial charge on any atom is 0.256 e. The number of nitrogens with zero attached hydrogens (tertiary/aromatic N) is 3. The van der Waals surface area contributed by atoms with Crippen LogP contribution in [-0.4, -0.2) is 29.7 Å². The van der Waals surface area contributed by atoms with Crippen LogP contribution >= 0.6 is 0 Å². The Labute approximate surface area is 133 Å². The largest absolute Gasteiger partial charge is 0.358 e. The van der Waals surface area contributed by atoms with Gasteiger partial charge in [-0.1, -0.05) is 13.3 Å². The number of rotatable bonds is 6. The SMILES string of the molecule is CCCCN(C)c1ccc(NC(=O)c2ccc(F)c(F)c2)nn1. The molecule has 0 aliphatic carbocycles. The Morgan fingerprint density at radius 3 is 2.57 bits per heavy atom. The number of anilines is 2. The fraction of sp³-hybridized carbons (Fsp3) is 0.312. The van der Waals surface area contributed by atoms with Gasteiger partial charge in [0.15, 0.2) is 23.3 Å². The summed E-state index contributed by atoms with van der Waals surface area (Å²) in [6.07, 6.45) is 2.13. The predicted octanol–water partition coefficient (Wildman–Crippen LogP) is 3.24. The van der Waals surface area contributed by atoms with E-state index in [1.807, 2.05) is 11.9 Å². The van der Waals surface area contributed by atoms with Gasteiger partial charge in [-0.15, -0.1) is 10.2 Å². The van der Waals surface area contributed by atoms with Crippen LogP contribution in [0.15, 0.2) is 30.3 Å². The van der Waals surface area contributed by atoms with Gasteiger partial charge in [0, 0.05) is 19.2 Å². The van der Waals surface area contributed by atoms with E-state index in [4.69, 9.17) is 0 Å². The summed E-state index contributed by atoms with van der Waals surface area (Å²) < 4.78 is 26.0. The van der Waals surface area contributed by atoms with Gasteiger partial charge in [0.1, 0.15) is 0 Å². The molecule has 2 aromatic rings. The van der Waals surface area contributed by atoms with Gasteiger partial charge in [0.05, 0.1) is 0 Å². The smallest absolute Gasteiger partial charge is 0.256 e. The average molecular weight is 320 g/mol. The first-order chi connectivity index (χ1) is 11.0. The highest BCUT2D eigenvalue weighted by molar-refractivity contribution is 6.03. The summed E-state index contributed by atoms with van der Waals surface area (Å²) >= 11 is 0. The molecule has 0 fully saturated rings. The molecule has 2 rings (SSSR count). The van der Waals surface area contributed by atoms with E-state index < -0.39 is 17.5 Å². The van der Waals surface area contributed by atoms with Crippen LogP contribution < -0.4 is 10.2 Å². The van der Waals surface area contributed by atoms with Gasteiger partial charge in [-0.05, 0) is 36.8 Å². The average Bonchev–Trinajstić information content (AvgIpc) is 2.55. The lowest BCUT2D eigenvalue weighted by atomic mass is 10.2. The molecule has 122 valence electrons. The third-order valence-corrected chi connectivity index (χ3v) is 3.31. The molecule has 1 amide bonds. The highest BCUT2D eigenvalue weighted by Crippen LogP contribution is 2.13. The van der Waals surface area contributed by atoms with Crippen molar-refractivity contribution in [3.63, 3.8) is 0 Å². The fourth-order valence-corrected chi connectivity index (χ4v) is 1.93. The molecule has 0 unspecified atom stereocenters. The van der Waals surface area contributed by atoms with E-state index in [1.165, 1.54) is 6.07 Å². The zero-order chi connectivity index (χ0) is 16.8. The number of aromatic nitrogens is 2. The molecular formula is C16H18F2N4O. The molecule has 5 nitrogen and oxygen atoms in total. The van der Waals surface area contributed by atoms with E-state index in [1.54, 1.807) is 12.1 Å². The van der Waals surface area contributed by atoms with E-state index in [2.05, 4.69) is 22.4 Å². The summed E-state index contributed by atoms with van der Waals surface area (Å²) in [5.74, 6) is -1.71. The second kappa shape index (κ2) is 7.62. The molecule has 23 heavy (non-hydrogen) atoms. The van der Waals surface area contributed by atoms with E-state index in [-0.39, 0.29) is 11.4 Å². The number of hydrogen-bond acceptors (Lipinski definition) is 4. The molecule has 0 saturated carbocycles. The molecule has 0 aliphatic heterocycles. The third-order valence-electron chi connectivity index (χ3n) is 3.31. The Morgan fingerprint density at radius 1 is 1.17 bits per heavy atom. The molecule has 0 aliphatic rings. The summed E-state index contributed by atoms with van der Waals surface area (Å²) in [6, 6.07) is 6.30. The summed E-state index contributed by atoms with van der Waals surface area (Å²) in [6.45, 7) is 2.97. The van der Waals surface area contributed by atoms with Crippen molar-refractivity contribution >= 4 is 17.5 Å². The molecule has 0 atom stereocenters. The van der Waals surface area contributed by atoms with Gasteiger partial charge < -0.3 is 10.2 Å². The molecule has 0 saturated heterocycles. The van der Waals surface area contributed by atoms with E-state index in [9.17, 15) is 13.6 Å². The van der Waals surface area contributed by atoms with E-state index in [0.29, 0.717) is 5.82 Å². The number of nitrogens with one attached hydrogen (secondary N) is 1. The first-order valence-electron chi connectivity index (χ1n) is 7.32. The third kappa shape index (κ3) is 4.45. The molecular weight excluding hydrogens is 302 g/mol. The van der Waals surface area contributed by atoms with Crippen LogP contribution in [0.1, 0.15) is 30.1 Å². The molecule has 0 radical (unpaired) electrons. The van der Waals surface area contributed by atoms with Crippen molar-refractivity contribution in [3.8, 4) is 0 Å². The molecule has 1 aromatic carbocycles. The quantitative estimate of drug-likeness (QED) is 0.888. The van der Waals surface area contributed by atoms with Gasteiger partial charge in [-0.3, -0.25) is 4.79 Å². The van der Waals surface area contributed by atoms with Crippen LogP contribution in [0.3, 0.4) is 0 Å². The zero-order valence-corrected chi connectivity index (χ0v) is 13.0. The van der Waals surface area contributed by atoms with Crippen molar-refractivity contribution in [2.24, 2.45) is 0 Å². The van der Waals surface area contributed by atoms with Gasteiger partial charge in [-0.25, -0.2) is 8.78 Å². The summed E-state index contributed by atoms with van der Waals surface area (Å²) in [7, 11) is 1.92. The molecule has 0 spiro atoms. The lowest BCUT2D eigenvalue weighted by Gasteiger charge is -2.16. The summed E-state index contributed by atoms with van der Waals surface area (Å²) in [4.78, 5) is 13.9. The first kappa shape index (κ1) is 16.8. The Morgan fingerprint density at radius 2 is 1.96 bits per heavy atom. The monoisotopic (exact) mass is 320 g/mol. The topological polar surface area (TPSA) is 58.1 Å². The molecule has 1 aromatic heterocycles. The number of halogens is 2. The van der Waals surface area contributed by atoms with E-state index in [0.717, 1.165) is 31.5 Å². The normalized spacial score (nSPS) is 10.4. The van der Waals surface area contributed by atoms with Crippen molar-refractivity contribution in [2.75, 3.05) is 23.8 Å². The number of unbranched alkanes of at least 4 members (excludes halogenated alkanes) is 1. The van der Waals surface area contributed by atoms with Crippen molar-refractivity contribution in [1.82, 2.24) is 10.2 Å². The summed E-state index contributed by atoms with van der Waals surface area (Å²) in [5.41, 5.74) is 0.00911. The highest BCUT2D eigenvalue weighted by Gasteiger charge is 2.11. The maximum absolute atomic E-state index is 13.1. The number of carbonyl (C=O) groups is 1. The standard InChI is InChI=1S/C16H18F2N4O/c1-3-4-9-22(2)15-8-7-14(20-21-15)19-16(23)11-5-6-12(17)13(18)10-11/h5-8,10H,3-4,9H2,1-2H3,(H,19,20,23). The Kier molecular flexibility index (Phi) is 5.56. The summed E-state index contributed by atoms with van der Waals surface area (Å²) in [5, 5.41) is 10.5. The molecule has 1 N–H and O–H groups in total. The molecule has 0 bridgehead atoms. The molecule has 7 heteroatoms. The van der Waals surface area contributed by atoms with Crippen LogP contribution in [-0.2, 0) is 0 Å². The molecule has 1 heterocycles. The van der Waals surface area contributed by atoms with E-state index >= 15 is 0 Å². The number of hydrogen-bond donors (Lipinski definition) is 1. The van der Waals surface area contributed by atoms with Crippen LogP contribution in [0.25, 0.3) is 0 Å². The number of carbonyl (C=O) groups excluding carboxylic acids is 1. The fourth-order valence-electron chi connectivity index (χ4n) is 1.93. The second-order valence-corrected chi connectivity index (χ2v) is 5.13. The van der Waals surface area contributed by atoms with Crippen LogP contribution in [0.2, 0.25) is 0 Å². The van der Waals surface area contributed by atoms with Gasteiger partial charge in [0.25, 0.3) is 5.91 Å². The maximum atomic E-state index is 13.1. The van der Waals surface area contributed by atoms with Crippen LogP contribution in [0.5, 0.6) is 0 Å². The zero-order valence-electron chi connectivity index (χ0n) is 13.0. The predicted molar refractivity (Wildman–Crippen MR) is 84.5 cm³/mol. The minimum Gasteiger partial charge on any atom is -0.358 e. The van der Waals surface area contributed by atoms with Crippen LogP contribution in [0.4, 0.5) is 20.4 Å². The minimum atomic E-state index is -1.07. The van der Waals surface area contributed by atoms with Gasteiger partial charge in [-0.2, -0.15) is 0 Å². The van der Waals surface area contributed by atoms with Crippen molar-refractivity contribution in [3.05, 3.63) is 47.5 Å². The van der Waals surface area contributed by atoms with Gasteiger partial charge >= 0.3 is 0 Å². The number of amides is 1. The van der Waals surface area contributed by atoms with Crippen molar-refractivity contribution < 1.29 is 13.6 Å².